The summed E-state index contributed by atoms with van der Waals surface area (Å²) < 4.78 is 2.18. The lowest BCUT2D eigenvalue weighted by atomic mass is 10.2. The van der Waals surface area contributed by atoms with E-state index in [9.17, 15) is 0 Å². The molecule has 2 heterocycles. The van der Waals surface area contributed by atoms with Crippen LogP contribution in [0.3, 0.4) is 0 Å². The van der Waals surface area contributed by atoms with Gasteiger partial charge in [0, 0.05) is 6.20 Å². The SMILES string of the molecule is c1ccc2c(c1)ccn2-c1cccc2[nH]cnc12. The van der Waals surface area contributed by atoms with Crippen LogP contribution in [-0.2, 0) is 0 Å². The normalized spacial score (nSPS) is 11.3. The topological polar surface area (TPSA) is 33.6 Å². The lowest BCUT2D eigenvalue weighted by Gasteiger charge is -2.06. The van der Waals surface area contributed by atoms with Crippen LogP contribution in [0.1, 0.15) is 0 Å². The Bertz CT molecular complexity index is 839. The Morgan fingerprint density at radius 1 is 0.944 bits per heavy atom. The Labute approximate surface area is 104 Å². The van der Waals surface area contributed by atoms with Crippen molar-refractivity contribution >= 4 is 21.9 Å². The summed E-state index contributed by atoms with van der Waals surface area (Å²) in [4.78, 5) is 7.55. The van der Waals surface area contributed by atoms with Gasteiger partial charge >= 0.3 is 0 Å². The van der Waals surface area contributed by atoms with Crippen LogP contribution in [0.5, 0.6) is 0 Å². The number of H-pyrrole nitrogens is 1. The molecule has 0 aliphatic rings. The Morgan fingerprint density at radius 3 is 2.89 bits per heavy atom. The summed E-state index contributed by atoms with van der Waals surface area (Å²) in [5.74, 6) is 0. The average Bonchev–Trinajstić information content (AvgIpc) is 3.05. The highest BCUT2D eigenvalue weighted by Crippen LogP contribution is 2.24. The predicted molar refractivity (Wildman–Crippen MR) is 72.9 cm³/mol. The fourth-order valence-electron chi connectivity index (χ4n) is 2.44. The third-order valence-electron chi connectivity index (χ3n) is 3.29. The van der Waals surface area contributed by atoms with Crippen LogP contribution >= 0.6 is 0 Å². The number of hydrogen-bond acceptors (Lipinski definition) is 1. The van der Waals surface area contributed by atoms with E-state index in [4.69, 9.17) is 0 Å². The smallest absolute Gasteiger partial charge is 0.112 e. The second kappa shape index (κ2) is 3.47. The lowest BCUT2D eigenvalue weighted by Crippen LogP contribution is -1.92. The number of nitrogens with zero attached hydrogens (tertiary/aromatic N) is 2. The van der Waals surface area contributed by atoms with Crippen molar-refractivity contribution in [2.24, 2.45) is 0 Å². The van der Waals surface area contributed by atoms with E-state index in [1.807, 2.05) is 12.1 Å². The first kappa shape index (κ1) is 9.48. The molecule has 3 nitrogen and oxygen atoms in total. The molecule has 3 heteroatoms. The maximum absolute atomic E-state index is 4.41. The molecule has 0 atom stereocenters. The largest absolute Gasteiger partial charge is 0.345 e. The molecule has 4 aromatic rings. The van der Waals surface area contributed by atoms with Crippen LogP contribution < -0.4 is 0 Å². The van der Waals surface area contributed by atoms with Gasteiger partial charge in [-0.2, -0.15) is 0 Å². The first-order valence-electron chi connectivity index (χ1n) is 5.92. The van der Waals surface area contributed by atoms with Gasteiger partial charge in [-0.25, -0.2) is 4.98 Å². The third-order valence-corrected chi connectivity index (χ3v) is 3.29. The van der Waals surface area contributed by atoms with E-state index in [2.05, 4.69) is 57.1 Å². The molecule has 0 saturated heterocycles. The lowest BCUT2D eigenvalue weighted by molar-refractivity contribution is 1.14. The highest BCUT2D eigenvalue weighted by Gasteiger charge is 2.07. The minimum atomic E-state index is 0.999. The number of imidazole rings is 1. The van der Waals surface area contributed by atoms with Crippen LogP contribution in [0.25, 0.3) is 27.6 Å². The van der Waals surface area contributed by atoms with E-state index in [0.717, 1.165) is 16.7 Å². The molecule has 0 aliphatic heterocycles. The number of aromatic nitrogens is 3. The van der Waals surface area contributed by atoms with Crippen molar-refractivity contribution in [3.8, 4) is 5.69 Å². The van der Waals surface area contributed by atoms with Crippen molar-refractivity contribution in [2.45, 2.75) is 0 Å². The van der Waals surface area contributed by atoms with Gasteiger partial charge in [-0.3, -0.25) is 0 Å². The van der Waals surface area contributed by atoms with Gasteiger partial charge in [0.2, 0.25) is 0 Å². The maximum Gasteiger partial charge on any atom is 0.112 e. The minimum Gasteiger partial charge on any atom is -0.345 e. The molecule has 1 N–H and O–H groups in total. The number of fused-ring (bicyclic) bond motifs is 2. The molecule has 18 heavy (non-hydrogen) atoms. The summed E-state index contributed by atoms with van der Waals surface area (Å²) in [7, 11) is 0. The fourth-order valence-corrected chi connectivity index (χ4v) is 2.44. The maximum atomic E-state index is 4.41. The summed E-state index contributed by atoms with van der Waals surface area (Å²) in [6.45, 7) is 0. The van der Waals surface area contributed by atoms with Gasteiger partial charge in [0.25, 0.3) is 0 Å². The highest BCUT2D eigenvalue weighted by molar-refractivity contribution is 5.88. The number of aromatic amines is 1. The molecule has 0 saturated carbocycles. The minimum absolute atomic E-state index is 0.999. The molecule has 0 fully saturated rings. The van der Waals surface area contributed by atoms with E-state index in [0.29, 0.717) is 0 Å². The number of benzene rings is 2. The van der Waals surface area contributed by atoms with Crippen LogP contribution in [-0.4, -0.2) is 14.5 Å². The van der Waals surface area contributed by atoms with Gasteiger partial charge < -0.3 is 9.55 Å². The quantitative estimate of drug-likeness (QED) is 0.536. The van der Waals surface area contributed by atoms with Gasteiger partial charge in [0.15, 0.2) is 0 Å². The molecule has 0 amide bonds. The van der Waals surface area contributed by atoms with Crippen molar-refractivity contribution in [1.82, 2.24) is 14.5 Å². The van der Waals surface area contributed by atoms with Gasteiger partial charge in [-0.15, -0.1) is 0 Å². The van der Waals surface area contributed by atoms with Crippen LogP contribution in [0.4, 0.5) is 0 Å². The summed E-state index contributed by atoms with van der Waals surface area (Å²) in [5.41, 5.74) is 4.37. The van der Waals surface area contributed by atoms with E-state index >= 15 is 0 Å². The van der Waals surface area contributed by atoms with E-state index < -0.39 is 0 Å². The highest BCUT2D eigenvalue weighted by atomic mass is 15.0. The van der Waals surface area contributed by atoms with Gasteiger partial charge in [0.05, 0.1) is 23.0 Å². The van der Waals surface area contributed by atoms with Crippen LogP contribution in [0, 0.1) is 0 Å². The molecule has 0 unspecified atom stereocenters. The average molecular weight is 233 g/mol. The molecular formula is C15H11N3. The molecule has 0 spiro atoms. The van der Waals surface area contributed by atoms with Crippen molar-refractivity contribution in [3.63, 3.8) is 0 Å². The molecule has 0 aliphatic carbocycles. The molecule has 4 rings (SSSR count). The fraction of sp³-hybridized carbons (Fsp3) is 0. The second-order valence-electron chi connectivity index (χ2n) is 4.32. The van der Waals surface area contributed by atoms with E-state index in [1.165, 1.54) is 10.9 Å². The predicted octanol–water partition coefficient (Wildman–Crippen LogP) is 3.51. The molecule has 0 bridgehead atoms. The zero-order chi connectivity index (χ0) is 11.9. The standard InChI is InChI=1S/C15H11N3/c1-2-6-13-11(4-1)8-9-18(13)14-7-3-5-12-15(14)17-10-16-12/h1-10H,(H,16,17). The van der Waals surface area contributed by atoms with Gasteiger partial charge in [-0.1, -0.05) is 24.3 Å². The zero-order valence-electron chi connectivity index (χ0n) is 9.67. The van der Waals surface area contributed by atoms with Crippen molar-refractivity contribution < 1.29 is 0 Å². The summed E-state index contributed by atoms with van der Waals surface area (Å²) in [5, 5.41) is 1.24. The van der Waals surface area contributed by atoms with E-state index in [1.54, 1.807) is 6.33 Å². The number of nitrogens with one attached hydrogen (secondary N) is 1. The summed E-state index contributed by atoms with van der Waals surface area (Å²) in [6, 6.07) is 16.7. The molecule has 86 valence electrons. The molecule has 2 aromatic heterocycles. The Kier molecular flexibility index (Phi) is 1.83. The monoisotopic (exact) mass is 233 g/mol. The van der Waals surface area contributed by atoms with Crippen molar-refractivity contribution in [3.05, 3.63) is 61.1 Å². The summed E-state index contributed by atoms with van der Waals surface area (Å²) in [6.07, 6.45) is 3.83. The second-order valence-corrected chi connectivity index (χ2v) is 4.32. The molecule has 0 radical (unpaired) electrons. The van der Waals surface area contributed by atoms with Gasteiger partial charge in [-0.05, 0) is 29.7 Å². The number of hydrogen-bond donors (Lipinski definition) is 1. The zero-order valence-corrected chi connectivity index (χ0v) is 9.67. The van der Waals surface area contributed by atoms with Crippen molar-refractivity contribution in [1.29, 1.82) is 0 Å². The third kappa shape index (κ3) is 1.21. The molecule has 2 aromatic carbocycles. The number of para-hydroxylation sites is 2. The Balaban J connectivity index is 2.10. The number of rotatable bonds is 1. The first-order valence-corrected chi connectivity index (χ1v) is 5.92. The van der Waals surface area contributed by atoms with E-state index in [-0.39, 0.29) is 0 Å². The first-order chi connectivity index (χ1) is 8.93. The molecular weight excluding hydrogens is 222 g/mol. The summed E-state index contributed by atoms with van der Waals surface area (Å²) >= 11 is 0. The Morgan fingerprint density at radius 2 is 1.89 bits per heavy atom. The van der Waals surface area contributed by atoms with Crippen LogP contribution in [0.15, 0.2) is 61.1 Å². The Hall–Kier alpha value is -2.55. The van der Waals surface area contributed by atoms with Crippen LogP contribution in [0.2, 0.25) is 0 Å². The van der Waals surface area contributed by atoms with Crippen molar-refractivity contribution in [2.75, 3.05) is 0 Å². The van der Waals surface area contributed by atoms with Gasteiger partial charge in [0.1, 0.15) is 5.52 Å².